The summed E-state index contributed by atoms with van der Waals surface area (Å²) >= 11 is 0. The minimum atomic E-state index is -1.85. The van der Waals surface area contributed by atoms with Crippen molar-refractivity contribution in [2.75, 3.05) is 13.7 Å². The van der Waals surface area contributed by atoms with Gasteiger partial charge < -0.3 is 19.7 Å². The minimum absolute atomic E-state index is 0.0152. The molecule has 1 atom stereocenters. The number of rotatable bonds is 7. The molecule has 0 saturated carbocycles. The van der Waals surface area contributed by atoms with Crippen LogP contribution in [0.25, 0.3) is 0 Å². The van der Waals surface area contributed by atoms with Gasteiger partial charge in [0.2, 0.25) is 0 Å². The van der Waals surface area contributed by atoms with Gasteiger partial charge in [-0.15, -0.1) is 0 Å². The van der Waals surface area contributed by atoms with Crippen molar-refractivity contribution < 1.29 is 34.1 Å². The van der Waals surface area contributed by atoms with Crippen molar-refractivity contribution >= 4 is 17.9 Å². The summed E-state index contributed by atoms with van der Waals surface area (Å²) in [6.07, 6.45) is -1.44. The number of hydrogen-bond acceptors (Lipinski definition) is 6. The lowest BCUT2D eigenvalue weighted by Gasteiger charge is -2.13. The lowest BCUT2D eigenvalue weighted by atomic mass is 9.97. The van der Waals surface area contributed by atoms with E-state index in [0.717, 1.165) is 0 Å². The van der Waals surface area contributed by atoms with Crippen LogP contribution in [0.4, 0.5) is 0 Å². The standard InChI is InChI=1S/C15H18O7/c1-3-22-15(20)10-6-4-9(5-7-12(16)21-2)8-11(10)13(17)14(18)19/h4,6,8,13,17H,3,5,7H2,1-2H3,(H,18,19). The maximum Gasteiger partial charge on any atom is 0.338 e. The first-order valence-electron chi connectivity index (χ1n) is 6.68. The Hall–Kier alpha value is -2.41. The SMILES string of the molecule is CCOC(=O)c1ccc(CCC(=O)OC)cc1C(O)C(=O)O. The van der Waals surface area contributed by atoms with Gasteiger partial charge >= 0.3 is 17.9 Å². The molecule has 0 saturated heterocycles. The molecule has 1 aromatic carbocycles. The van der Waals surface area contributed by atoms with Crippen LogP contribution < -0.4 is 0 Å². The first-order valence-corrected chi connectivity index (χ1v) is 6.68. The topological polar surface area (TPSA) is 110 Å². The van der Waals surface area contributed by atoms with Gasteiger partial charge in [0.05, 0.1) is 19.3 Å². The number of ether oxygens (including phenoxy) is 2. The van der Waals surface area contributed by atoms with Crippen molar-refractivity contribution in [2.24, 2.45) is 0 Å². The average molecular weight is 310 g/mol. The summed E-state index contributed by atoms with van der Waals surface area (Å²) in [5.41, 5.74) is 0.528. The molecule has 0 heterocycles. The van der Waals surface area contributed by atoms with Gasteiger partial charge in [-0.1, -0.05) is 12.1 Å². The lowest BCUT2D eigenvalue weighted by Crippen LogP contribution is -2.17. The van der Waals surface area contributed by atoms with Crippen molar-refractivity contribution in [3.05, 3.63) is 34.9 Å². The highest BCUT2D eigenvalue weighted by Crippen LogP contribution is 2.22. The van der Waals surface area contributed by atoms with Gasteiger partial charge in [0.15, 0.2) is 6.10 Å². The second kappa shape index (κ2) is 8.14. The Bertz CT molecular complexity index is 565. The molecule has 1 unspecified atom stereocenters. The Balaban J connectivity index is 3.11. The van der Waals surface area contributed by atoms with Crippen LogP contribution in [-0.2, 0) is 25.5 Å². The predicted octanol–water partition coefficient (Wildman–Crippen LogP) is 1.09. The molecule has 0 fully saturated rings. The molecule has 0 aliphatic rings. The van der Waals surface area contributed by atoms with E-state index in [1.165, 1.54) is 19.2 Å². The number of aliphatic carboxylic acids is 1. The quantitative estimate of drug-likeness (QED) is 0.725. The Morgan fingerprint density at radius 1 is 1.27 bits per heavy atom. The molecule has 0 aliphatic heterocycles. The molecule has 0 bridgehead atoms. The molecule has 0 amide bonds. The number of aliphatic hydroxyl groups is 1. The van der Waals surface area contributed by atoms with Crippen LogP contribution in [0.2, 0.25) is 0 Å². The fourth-order valence-corrected chi connectivity index (χ4v) is 1.87. The van der Waals surface area contributed by atoms with Gasteiger partial charge in [-0.05, 0) is 25.0 Å². The summed E-state index contributed by atoms with van der Waals surface area (Å²) in [6, 6.07) is 4.34. The van der Waals surface area contributed by atoms with E-state index in [0.29, 0.717) is 12.0 Å². The maximum atomic E-state index is 11.8. The van der Waals surface area contributed by atoms with Crippen LogP contribution in [0.3, 0.4) is 0 Å². The molecule has 1 rings (SSSR count). The highest BCUT2D eigenvalue weighted by molar-refractivity contribution is 5.93. The Morgan fingerprint density at radius 2 is 1.95 bits per heavy atom. The fourth-order valence-electron chi connectivity index (χ4n) is 1.87. The van der Waals surface area contributed by atoms with Crippen molar-refractivity contribution in [3.63, 3.8) is 0 Å². The van der Waals surface area contributed by atoms with E-state index >= 15 is 0 Å². The summed E-state index contributed by atoms with van der Waals surface area (Å²) in [5, 5.41) is 18.7. The maximum absolute atomic E-state index is 11.8. The first-order chi connectivity index (χ1) is 10.4. The van der Waals surface area contributed by atoms with E-state index in [1.807, 2.05) is 0 Å². The van der Waals surface area contributed by atoms with Crippen molar-refractivity contribution in [3.8, 4) is 0 Å². The number of methoxy groups -OCH3 is 1. The molecular weight excluding hydrogens is 292 g/mol. The van der Waals surface area contributed by atoms with Gasteiger partial charge in [0.1, 0.15) is 0 Å². The Morgan fingerprint density at radius 3 is 2.50 bits per heavy atom. The Labute approximate surface area is 127 Å². The molecule has 0 aromatic heterocycles. The zero-order valence-electron chi connectivity index (χ0n) is 12.4. The third kappa shape index (κ3) is 4.56. The van der Waals surface area contributed by atoms with Gasteiger partial charge in [0.25, 0.3) is 0 Å². The number of esters is 2. The fraction of sp³-hybridized carbons (Fsp3) is 0.400. The molecule has 0 spiro atoms. The minimum Gasteiger partial charge on any atom is -0.479 e. The largest absolute Gasteiger partial charge is 0.479 e. The van der Waals surface area contributed by atoms with E-state index in [4.69, 9.17) is 9.84 Å². The van der Waals surface area contributed by atoms with Crippen molar-refractivity contribution in [2.45, 2.75) is 25.9 Å². The smallest absolute Gasteiger partial charge is 0.338 e. The molecule has 2 N–H and O–H groups in total. The van der Waals surface area contributed by atoms with Gasteiger partial charge in [0, 0.05) is 12.0 Å². The molecule has 0 aliphatic carbocycles. The van der Waals surface area contributed by atoms with Crippen LogP contribution >= 0.6 is 0 Å². The highest BCUT2D eigenvalue weighted by atomic mass is 16.5. The van der Waals surface area contributed by atoms with Crippen molar-refractivity contribution in [1.29, 1.82) is 0 Å². The Kier molecular flexibility index (Phi) is 6.52. The van der Waals surface area contributed by atoms with Gasteiger partial charge in [-0.3, -0.25) is 4.79 Å². The summed E-state index contributed by atoms with van der Waals surface area (Å²) in [5.74, 6) is -2.59. The number of benzene rings is 1. The zero-order valence-corrected chi connectivity index (χ0v) is 12.4. The molecule has 0 radical (unpaired) electrons. The molecular formula is C15H18O7. The molecule has 7 heteroatoms. The summed E-state index contributed by atoms with van der Waals surface area (Å²) in [6.45, 7) is 1.75. The van der Waals surface area contributed by atoms with Crippen LogP contribution in [0.15, 0.2) is 18.2 Å². The third-order valence-corrected chi connectivity index (χ3v) is 2.99. The average Bonchev–Trinajstić information content (AvgIpc) is 2.51. The number of hydrogen-bond donors (Lipinski definition) is 2. The van der Waals surface area contributed by atoms with E-state index in [-0.39, 0.29) is 24.2 Å². The number of carbonyl (C=O) groups is 3. The number of carbonyl (C=O) groups excluding carboxylic acids is 2. The summed E-state index contributed by atoms with van der Waals surface area (Å²) < 4.78 is 9.36. The molecule has 22 heavy (non-hydrogen) atoms. The second-order valence-electron chi connectivity index (χ2n) is 4.46. The number of aryl methyl sites for hydroxylation is 1. The summed E-state index contributed by atoms with van der Waals surface area (Å²) in [4.78, 5) is 33.9. The lowest BCUT2D eigenvalue weighted by molar-refractivity contribution is -0.147. The van der Waals surface area contributed by atoms with E-state index in [1.54, 1.807) is 13.0 Å². The molecule has 7 nitrogen and oxygen atoms in total. The van der Waals surface area contributed by atoms with Gasteiger partial charge in [-0.2, -0.15) is 0 Å². The first kappa shape index (κ1) is 17.6. The highest BCUT2D eigenvalue weighted by Gasteiger charge is 2.24. The van der Waals surface area contributed by atoms with Crippen LogP contribution in [0, 0.1) is 0 Å². The number of carboxylic acids is 1. The van der Waals surface area contributed by atoms with Crippen LogP contribution in [0.5, 0.6) is 0 Å². The van der Waals surface area contributed by atoms with E-state index in [2.05, 4.69) is 4.74 Å². The molecule has 120 valence electrons. The van der Waals surface area contributed by atoms with Crippen molar-refractivity contribution in [1.82, 2.24) is 0 Å². The van der Waals surface area contributed by atoms with E-state index < -0.39 is 24.0 Å². The van der Waals surface area contributed by atoms with Gasteiger partial charge in [-0.25, -0.2) is 9.59 Å². The third-order valence-electron chi connectivity index (χ3n) is 2.99. The normalized spacial score (nSPS) is 11.6. The number of aliphatic hydroxyl groups excluding tert-OH is 1. The van der Waals surface area contributed by atoms with Crippen LogP contribution in [-0.4, -0.2) is 41.8 Å². The second-order valence-corrected chi connectivity index (χ2v) is 4.46. The monoisotopic (exact) mass is 310 g/mol. The summed E-state index contributed by atoms with van der Waals surface area (Å²) in [7, 11) is 1.27. The predicted molar refractivity (Wildman–Crippen MR) is 75.3 cm³/mol. The van der Waals surface area contributed by atoms with E-state index in [9.17, 15) is 19.5 Å². The van der Waals surface area contributed by atoms with Crippen LogP contribution in [0.1, 0.15) is 40.9 Å². The zero-order chi connectivity index (χ0) is 16.7. The number of carboxylic acid groups (broad SMARTS) is 1. The molecule has 1 aromatic rings.